The van der Waals surface area contributed by atoms with Crippen LogP contribution in [0.3, 0.4) is 0 Å². The van der Waals surface area contributed by atoms with E-state index in [1.807, 2.05) is 0 Å². The zero-order valence-electron chi connectivity index (χ0n) is 10.2. The number of hydrogen-bond donors (Lipinski definition) is 1. The normalized spacial score (nSPS) is 19.8. The van der Waals surface area contributed by atoms with Gasteiger partial charge in [0.25, 0.3) is 0 Å². The van der Waals surface area contributed by atoms with Gasteiger partial charge in [-0.3, -0.25) is 9.59 Å². The highest BCUT2D eigenvalue weighted by Crippen LogP contribution is 2.18. The molecule has 1 atom stereocenters. The highest BCUT2D eigenvalue weighted by molar-refractivity contribution is 9.10. The van der Waals surface area contributed by atoms with Crippen LogP contribution in [0, 0.1) is 5.92 Å². The fourth-order valence-corrected chi connectivity index (χ4v) is 2.37. The zero-order valence-corrected chi connectivity index (χ0v) is 11.8. The quantitative estimate of drug-likeness (QED) is 0.865. The second-order valence-electron chi connectivity index (χ2n) is 4.44. The maximum Gasteiger partial charge on any atom is 0.308 e. The maximum atomic E-state index is 11.9. The molecule has 1 fully saturated rings. The zero-order chi connectivity index (χ0) is 13.8. The molecule has 0 saturated carbocycles. The summed E-state index contributed by atoms with van der Waals surface area (Å²) in [6.45, 7) is 0.884. The number of hydrogen-bond acceptors (Lipinski definition) is 3. The fraction of sp³-hybridized carbons (Fsp3) is 0.385. The first-order valence-corrected chi connectivity index (χ1v) is 6.80. The van der Waals surface area contributed by atoms with Gasteiger partial charge in [0.05, 0.1) is 5.92 Å². The Morgan fingerprint density at radius 1 is 1.47 bits per heavy atom. The van der Waals surface area contributed by atoms with E-state index < -0.39 is 11.9 Å². The van der Waals surface area contributed by atoms with Crippen molar-refractivity contribution in [2.24, 2.45) is 5.92 Å². The van der Waals surface area contributed by atoms with Crippen molar-refractivity contribution in [1.82, 2.24) is 4.90 Å². The van der Waals surface area contributed by atoms with E-state index in [-0.39, 0.29) is 12.5 Å². The van der Waals surface area contributed by atoms with E-state index in [1.54, 1.807) is 23.1 Å². The minimum absolute atomic E-state index is 0.182. The number of rotatable bonds is 3. The maximum absolute atomic E-state index is 11.9. The molecule has 1 N–H and O–H groups in total. The van der Waals surface area contributed by atoms with Crippen molar-refractivity contribution in [2.75, 3.05) is 13.1 Å². The topological polar surface area (TPSA) is 70.8 Å². The molecule has 0 aliphatic carbocycles. The third-order valence-electron chi connectivity index (χ3n) is 3.07. The van der Waals surface area contributed by atoms with Gasteiger partial charge in [-0.1, -0.05) is 0 Å². The molecule has 0 bridgehead atoms. The van der Waals surface area contributed by atoms with Crippen LogP contribution >= 0.6 is 15.9 Å². The highest BCUT2D eigenvalue weighted by atomic mass is 79.9. The summed E-state index contributed by atoms with van der Waals surface area (Å²) in [5, 5.41) is 8.97. The first-order valence-electron chi connectivity index (χ1n) is 6.01. The van der Waals surface area contributed by atoms with Crippen molar-refractivity contribution >= 4 is 33.9 Å². The molecule has 102 valence electrons. The molecular weight excluding hydrogens is 314 g/mol. The van der Waals surface area contributed by atoms with Crippen LogP contribution in [-0.4, -0.2) is 35.0 Å². The number of halogens is 1. The summed E-state index contributed by atoms with van der Waals surface area (Å²) in [6, 6.07) is 3.48. The van der Waals surface area contributed by atoms with E-state index in [4.69, 9.17) is 9.52 Å². The average molecular weight is 328 g/mol. The minimum atomic E-state index is -0.837. The Balaban J connectivity index is 1.96. The predicted molar refractivity (Wildman–Crippen MR) is 72.4 cm³/mol. The number of furan rings is 1. The second kappa shape index (κ2) is 6.06. The van der Waals surface area contributed by atoms with Crippen LogP contribution < -0.4 is 0 Å². The molecule has 1 amide bonds. The molecule has 1 unspecified atom stereocenters. The van der Waals surface area contributed by atoms with Gasteiger partial charge in [-0.25, -0.2) is 0 Å². The van der Waals surface area contributed by atoms with Crippen molar-refractivity contribution in [2.45, 2.75) is 12.8 Å². The Labute approximate surface area is 119 Å². The number of carbonyl (C=O) groups is 2. The molecule has 1 saturated heterocycles. The molecule has 2 heterocycles. The first kappa shape index (κ1) is 13.9. The largest absolute Gasteiger partial charge is 0.481 e. The van der Waals surface area contributed by atoms with Gasteiger partial charge in [-0.05, 0) is 47.0 Å². The van der Waals surface area contributed by atoms with E-state index in [0.29, 0.717) is 23.4 Å². The summed E-state index contributed by atoms with van der Waals surface area (Å²) in [5.74, 6) is -0.897. The van der Waals surface area contributed by atoms with Crippen LogP contribution in [0.1, 0.15) is 18.6 Å². The second-order valence-corrected chi connectivity index (χ2v) is 5.22. The Bertz CT molecular complexity index is 508. The number of carboxylic acids is 1. The SMILES string of the molecule is O=C(O)C1CCCN(C(=O)/C=C/c2ccc(Br)o2)C1. The van der Waals surface area contributed by atoms with Crippen molar-refractivity contribution < 1.29 is 19.1 Å². The fourth-order valence-electron chi connectivity index (χ4n) is 2.06. The molecular formula is C13H14BrNO4. The van der Waals surface area contributed by atoms with Gasteiger partial charge < -0.3 is 14.4 Å². The van der Waals surface area contributed by atoms with Crippen LogP contribution in [0.4, 0.5) is 0 Å². The van der Waals surface area contributed by atoms with Gasteiger partial charge in [0, 0.05) is 19.2 Å². The van der Waals surface area contributed by atoms with E-state index in [9.17, 15) is 9.59 Å². The number of amides is 1. The van der Waals surface area contributed by atoms with Gasteiger partial charge in [0.1, 0.15) is 5.76 Å². The Morgan fingerprint density at radius 3 is 2.89 bits per heavy atom. The van der Waals surface area contributed by atoms with E-state index >= 15 is 0 Å². The van der Waals surface area contributed by atoms with E-state index in [0.717, 1.165) is 6.42 Å². The molecule has 0 spiro atoms. The standard InChI is InChI=1S/C13H14BrNO4/c14-11-5-3-10(19-11)4-6-12(16)15-7-1-2-9(8-15)13(17)18/h3-6,9H,1-2,7-8H2,(H,17,18)/b6-4+. The summed E-state index contributed by atoms with van der Waals surface area (Å²) < 4.78 is 5.85. The monoisotopic (exact) mass is 327 g/mol. The van der Waals surface area contributed by atoms with Gasteiger partial charge in [0.2, 0.25) is 5.91 Å². The lowest BCUT2D eigenvalue weighted by Gasteiger charge is -2.29. The molecule has 0 radical (unpaired) electrons. The molecule has 1 aromatic heterocycles. The predicted octanol–water partition coefficient (Wildman–Crippen LogP) is 2.38. The third-order valence-corrected chi connectivity index (χ3v) is 3.49. The van der Waals surface area contributed by atoms with Gasteiger partial charge in [-0.15, -0.1) is 0 Å². The van der Waals surface area contributed by atoms with Crippen molar-refractivity contribution in [3.8, 4) is 0 Å². The van der Waals surface area contributed by atoms with Crippen LogP contribution in [0.15, 0.2) is 27.3 Å². The lowest BCUT2D eigenvalue weighted by atomic mass is 9.98. The van der Waals surface area contributed by atoms with Gasteiger partial charge in [0.15, 0.2) is 4.67 Å². The highest BCUT2D eigenvalue weighted by Gasteiger charge is 2.27. The lowest BCUT2D eigenvalue weighted by molar-refractivity contribution is -0.144. The number of likely N-dealkylation sites (tertiary alicyclic amines) is 1. The minimum Gasteiger partial charge on any atom is -0.481 e. The van der Waals surface area contributed by atoms with E-state index in [2.05, 4.69) is 15.9 Å². The Morgan fingerprint density at radius 2 is 2.26 bits per heavy atom. The summed E-state index contributed by atoms with van der Waals surface area (Å²) in [4.78, 5) is 24.4. The summed E-state index contributed by atoms with van der Waals surface area (Å²) in [5.41, 5.74) is 0. The smallest absolute Gasteiger partial charge is 0.308 e. The Hall–Kier alpha value is -1.56. The molecule has 6 heteroatoms. The summed E-state index contributed by atoms with van der Waals surface area (Å²) in [6.07, 6.45) is 4.35. The van der Waals surface area contributed by atoms with Gasteiger partial charge in [-0.2, -0.15) is 0 Å². The summed E-state index contributed by atoms with van der Waals surface area (Å²) >= 11 is 3.18. The molecule has 5 nitrogen and oxygen atoms in total. The molecule has 2 rings (SSSR count). The van der Waals surface area contributed by atoms with Gasteiger partial charge >= 0.3 is 5.97 Å². The molecule has 0 aromatic carbocycles. The number of aliphatic carboxylic acids is 1. The molecule has 1 aliphatic heterocycles. The lowest BCUT2D eigenvalue weighted by Crippen LogP contribution is -2.41. The van der Waals surface area contributed by atoms with E-state index in [1.165, 1.54) is 6.08 Å². The number of carboxylic acid groups (broad SMARTS) is 1. The first-order chi connectivity index (χ1) is 9.06. The molecule has 19 heavy (non-hydrogen) atoms. The van der Waals surface area contributed by atoms with Crippen LogP contribution in [0.2, 0.25) is 0 Å². The third kappa shape index (κ3) is 3.70. The van der Waals surface area contributed by atoms with Crippen LogP contribution in [0.25, 0.3) is 6.08 Å². The van der Waals surface area contributed by atoms with Crippen LogP contribution in [-0.2, 0) is 9.59 Å². The number of nitrogens with zero attached hydrogens (tertiary/aromatic N) is 1. The molecule has 1 aromatic rings. The Kier molecular flexibility index (Phi) is 4.42. The number of piperidine rings is 1. The van der Waals surface area contributed by atoms with Crippen LogP contribution in [0.5, 0.6) is 0 Å². The molecule has 1 aliphatic rings. The number of carbonyl (C=O) groups excluding carboxylic acids is 1. The average Bonchev–Trinajstić information content (AvgIpc) is 2.82. The van der Waals surface area contributed by atoms with Crippen molar-refractivity contribution in [1.29, 1.82) is 0 Å². The van der Waals surface area contributed by atoms with Crippen molar-refractivity contribution in [3.05, 3.63) is 28.6 Å². The van der Waals surface area contributed by atoms with Crippen molar-refractivity contribution in [3.63, 3.8) is 0 Å². The summed E-state index contributed by atoms with van der Waals surface area (Å²) in [7, 11) is 0.